The number of carbonyl (C=O) groups is 2. The minimum absolute atomic E-state index is 0.307. The number of nitrogens with one attached hydrogen (secondary N) is 1. The van der Waals surface area contributed by atoms with E-state index >= 15 is 0 Å². The van der Waals surface area contributed by atoms with Gasteiger partial charge in [0.2, 0.25) is 0 Å². The predicted octanol–water partition coefficient (Wildman–Crippen LogP) is 4.08. The second-order valence-electron chi connectivity index (χ2n) is 6.30. The minimum atomic E-state index is -0.419. The summed E-state index contributed by atoms with van der Waals surface area (Å²) in [6.45, 7) is 3.46. The molecular weight excluding hydrogens is 360 g/mol. The maximum absolute atomic E-state index is 12.8. The highest BCUT2D eigenvalue weighted by molar-refractivity contribution is 6.07. The fraction of sp³-hybridized carbons (Fsp3) is 0.333. The first-order valence-electron chi connectivity index (χ1n) is 9.29. The third kappa shape index (κ3) is 4.36. The molecule has 1 N–H and O–H groups in total. The normalized spacial score (nSPS) is 13.2. The number of cyclic esters (lactones) is 1. The third-order valence-electron chi connectivity index (χ3n) is 4.39. The average Bonchev–Trinajstić information content (AvgIpc) is 3.14. The number of hydrogen-bond donors (Lipinski definition) is 1. The van der Waals surface area contributed by atoms with Crippen LogP contribution in [-0.2, 0) is 4.74 Å². The Morgan fingerprint density at radius 2 is 2.04 bits per heavy atom. The van der Waals surface area contributed by atoms with Crippen molar-refractivity contribution in [1.82, 2.24) is 0 Å². The van der Waals surface area contributed by atoms with Crippen LogP contribution in [0.5, 0.6) is 11.5 Å². The predicted molar refractivity (Wildman–Crippen MR) is 106 cm³/mol. The van der Waals surface area contributed by atoms with Gasteiger partial charge in [-0.25, -0.2) is 4.79 Å². The van der Waals surface area contributed by atoms with Crippen LogP contribution in [0.1, 0.15) is 30.1 Å². The lowest BCUT2D eigenvalue weighted by Gasteiger charge is -2.18. The van der Waals surface area contributed by atoms with E-state index in [-0.39, 0.29) is 5.91 Å². The molecule has 0 radical (unpaired) electrons. The molecule has 0 aromatic heterocycles. The first-order valence-corrected chi connectivity index (χ1v) is 9.29. The van der Waals surface area contributed by atoms with Gasteiger partial charge < -0.3 is 19.5 Å². The topological polar surface area (TPSA) is 77.1 Å². The standard InChI is InChI=1S/C21H24N2O5/c1-3-4-12-27-18-10-9-15(14-19(18)26-2)20(24)22-16-7-5-6-8-17(16)23-11-13-28-21(23)25/h5-10,14H,3-4,11-13H2,1-2H3,(H,22,24). The summed E-state index contributed by atoms with van der Waals surface area (Å²) < 4.78 is 16.1. The summed E-state index contributed by atoms with van der Waals surface area (Å²) >= 11 is 0. The van der Waals surface area contributed by atoms with Gasteiger partial charge >= 0.3 is 6.09 Å². The van der Waals surface area contributed by atoms with E-state index in [1.54, 1.807) is 36.4 Å². The molecule has 1 heterocycles. The van der Waals surface area contributed by atoms with Crippen LogP contribution in [0.25, 0.3) is 0 Å². The van der Waals surface area contributed by atoms with E-state index in [0.717, 1.165) is 12.8 Å². The molecule has 0 saturated carbocycles. The van der Waals surface area contributed by atoms with Crippen LogP contribution in [0.2, 0.25) is 0 Å². The van der Waals surface area contributed by atoms with Crippen LogP contribution in [0.4, 0.5) is 16.2 Å². The second-order valence-corrected chi connectivity index (χ2v) is 6.30. The van der Waals surface area contributed by atoms with Crippen molar-refractivity contribution in [3.8, 4) is 11.5 Å². The Kier molecular flexibility index (Phi) is 6.37. The maximum Gasteiger partial charge on any atom is 0.414 e. The van der Waals surface area contributed by atoms with Crippen molar-refractivity contribution < 1.29 is 23.8 Å². The summed E-state index contributed by atoms with van der Waals surface area (Å²) in [5.74, 6) is 0.797. The Bertz CT molecular complexity index is 852. The Labute approximate surface area is 164 Å². The molecule has 2 aromatic rings. The largest absolute Gasteiger partial charge is 0.493 e. The SMILES string of the molecule is CCCCOc1ccc(C(=O)Nc2ccccc2N2CCOC2=O)cc1OC. The van der Waals surface area contributed by atoms with Gasteiger partial charge in [-0.3, -0.25) is 9.69 Å². The van der Waals surface area contributed by atoms with Crippen molar-refractivity contribution in [1.29, 1.82) is 0 Å². The molecule has 3 rings (SSSR count). The number of ether oxygens (including phenoxy) is 3. The molecule has 0 aliphatic carbocycles. The van der Waals surface area contributed by atoms with Crippen LogP contribution in [0, 0.1) is 0 Å². The summed E-state index contributed by atoms with van der Waals surface area (Å²) in [6.07, 6.45) is 1.56. The molecule has 148 valence electrons. The summed E-state index contributed by atoms with van der Waals surface area (Å²) in [7, 11) is 1.54. The number of hydrogen-bond acceptors (Lipinski definition) is 5. The van der Waals surface area contributed by atoms with Gasteiger partial charge in [0.25, 0.3) is 5.91 Å². The highest BCUT2D eigenvalue weighted by Gasteiger charge is 2.26. The molecule has 0 atom stereocenters. The van der Waals surface area contributed by atoms with Gasteiger partial charge in [0.15, 0.2) is 11.5 Å². The molecular formula is C21H24N2O5. The molecule has 0 bridgehead atoms. The van der Waals surface area contributed by atoms with Crippen molar-refractivity contribution in [2.45, 2.75) is 19.8 Å². The van der Waals surface area contributed by atoms with Crippen LogP contribution in [-0.4, -0.2) is 38.9 Å². The lowest BCUT2D eigenvalue weighted by molar-refractivity contribution is 0.102. The molecule has 7 heteroatoms. The summed E-state index contributed by atoms with van der Waals surface area (Å²) in [4.78, 5) is 26.1. The van der Waals surface area contributed by atoms with Gasteiger partial charge in [-0.05, 0) is 36.8 Å². The van der Waals surface area contributed by atoms with Gasteiger partial charge in [0, 0.05) is 5.56 Å². The van der Waals surface area contributed by atoms with E-state index in [0.29, 0.717) is 48.2 Å². The van der Waals surface area contributed by atoms with E-state index in [1.807, 2.05) is 6.07 Å². The zero-order chi connectivity index (χ0) is 19.9. The van der Waals surface area contributed by atoms with E-state index in [4.69, 9.17) is 14.2 Å². The zero-order valence-electron chi connectivity index (χ0n) is 16.1. The monoisotopic (exact) mass is 384 g/mol. The Morgan fingerprint density at radius 3 is 2.75 bits per heavy atom. The molecule has 1 aliphatic rings. The quantitative estimate of drug-likeness (QED) is 0.694. The summed E-state index contributed by atoms with van der Waals surface area (Å²) in [5.41, 5.74) is 1.57. The molecule has 1 saturated heterocycles. The van der Waals surface area contributed by atoms with E-state index < -0.39 is 6.09 Å². The highest BCUT2D eigenvalue weighted by atomic mass is 16.6. The fourth-order valence-corrected chi connectivity index (χ4v) is 2.88. The fourth-order valence-electron chi connectivity index (χ4n) is 2.88. The number of carbonyl (C=O) groups excluding carboxylic acids is 2. The number of rotatable bonds is 8. The summed E-state index contributed by atoms with van der Waals surface area (Å²) in [6, 6.07) is 12.2. The third-order valence-corrected chi connectivity index (χ3v) is 4.39. The van der Waals surface area contributed by atoms with Crippen LogP contribution < -0.4 is 19.7 Å². The van der Waals surface area contributed by atoms with Gasteiger partial charge in [-0.2, -0.15) is 0 Å². The number of methoxy groups -OCH3 is 1. The first kappa shape index (κ1) is 19.5. The Hall–Kier alpha value is -3.22. The lowest BCUT2D eigenvalue weighted by atomic mass is 10.1. The van der Waals surface area contributed by atoms with Crippen molar-refractivity contribution in [3.05, 3.63) is 48.0 Å². The van der Waals surface area contributed by atoms with Crippen molar-refractivity contribution >= 4 is 23.4 Å². The van der Waals surface area contributed by atoms with E-state index in [1.165, 1.54) is 12.0 Å². The maximum atomic E-state index is 12.8. The molecule has 0 spiro atoms. The number of amides is 2. The van der Waals surface area contributed by atoms with Crippen molar-refractivity contribution in [2.75, 3.05) is 37.1 Å². The van der Waals surface area contributed by atoms with Crippen LogP contribution in [0.15, 0.2) is 42.5 Å². The Morgan fingerprint density at radius 1 is 1.21 bits per heavy atom. The van der Waals surface area contributed by atoms with Gasteiger partial charge in [-0.15, -0.1) is 0 Å². The summed E-state index contributed by atoms with van der Waals surface area (Å²) in [5, 5.41) is 2.86. The number of anilines is 2. The van der Waals surface area contributed by atoms with Crippen LogP contribution in [0.3, 0.4) is 0 Å². The van der Waals surface area contributed by atoms with E-state index in [2.05, 4.69) is 12.2 Å². The van der Waals surface area contributed by atoms with Gasteiger partial charge in [0.05, 0.1) is 31.6 Å². The van der Waals surface area contributed by atoms with Crippen molar-refractivity contribution in [2.24, 2.45) is 0 Å². The molecule has 1 aliphatic heterocycles. The molecule has 0 unspecified atom stereocenters. The molecule has 28 heavy (non-hydrogen) atoms. The van der Waals surface area contributed by atoms with Crippen molar-refractivity contribution in [3.63, 3.8) is 0 Å². The first-order chi connectivity index (χ1) is 13.6. The lowest BCUT2D eigenvalue weighted by Crippen LogP contribution is -2.25. The molecule has 1 fully saturated rings. The smallest absolute Gasteiger partial charge is 0.414 e. The zero-order valence-corrected chi connectivity index (χ0v) is 16.1. The number of benzene rings is 2. The highest BCUT2D eigenvalue weighted by Crippen LogP contribution is 2.31. The number of para-hydroxylation sites is 2. The molecule has 7 nitrogen and oxygen atoms in total. The molecule has 2 aromatic carbocycles. The number of nitrogens with zero attached hydrogens (tertiary/aromatic N) is 1. The number of unbranched alkanes of at least 4 members (excludes halogenated alkanes) is 1. The molecule has 2 amide bonds. The average molecular weight is 384 g/mol. The minimum Gasteiger partial charge on any atom is -0.493 e. The Balaban J connectivity index is 1.77. The van der Waals surface area contributed by atoms with Gasteiger partial charge in [-0.1, -0.05) is 25.5 Å². The van der Waals surface area contributed by atoms with E-state index in [9.17, 15) is 9.59 Å². The van der Waals surface area contributed by atoms with Crippen LogP contribution >= 0.6 is 0 Å². The second kappa shape index (κ2) is 9.12. The van der Waals surface area contributed by atoms with Gasteiger partial charge in [0.1, 0.15) is 6.61 Å².